The summed E-state index contributed by atoms with van der Waals surface area (Å²) in [6, 6.07) is 14.5. The van der Waals surface area contributed by atoms with E-state index in [9.17, 15) is 0 Å². The molecule has 126 valence electrons. The zero-order valence-electron chi connectivity index (χ0n) is 14.1. The van der Waals surface area contributed by atoms with Crippen molar-refractivity contribution >= 4 is 5.69 Å². The molecule has 2 aromatic carbocycles. The van der Waals surface area contributed by atoms with Crippen LogP contribution in [0.4, 0.5) is 5.69 Å². The minimum absolute atomic E-state index is 0.242. The van der Waals surface area contributed by atoms with Gasteiger partial charge in [-0.25, -0.2) is 0 Å². The van der Waals surface area contributed by atoms with Gasteiger partial charge in [0.2, 0.25) is 6.79 Å². The lowest BCUT2D eigenvalue weighted by Gasteiger charge is -2.39. The molecule has 0 radical (unpaired) electrons. The van der Waals surface area contributed by atoms with Gasteiger partial charge in [0.1, 0.15) is 11.9 Å². The molecule has 2 aromatic rings. The van der Waals surface area contributed by atoms with E-state index in [1.165, 1.54) is 11.3 Å². The number of rotatable bonds is 5. The number of ether oxygens (including phenoxy) is 3. The second kappa shape index (κ2) is 6.24. The van der Waals surface area contributed by atoms with Gasteiger partial charge in [-0.05, 0) is 29.8 Å². The minimum Gasteiger partial charge on any atom is -0.488 e. The standard InChI is InChI=1S/C19H22N2O3/c1-20(2)15-5-3-14(4-6-15)10-21-11-17(12-21)24-16-7-8-18-19(9-16)23-13-22-18/h3-9,17H,10-13H2,1-2H3. The van der Waals surface area contributed by atoms with Gasteiger partial charge in [-0.2, -0.15) is 0 Å². The van der Waals surface area contributed by atoms with E-state index in [-0.39, 0.29) is 6.10 Å². The predicted octanol–water partition coefficient (Wildman–Crippen LogP) is 2.74. The number of anilines is 1. The van der Waals surface area contributed by atoms with Crippen molar-refractivity contribution < 1.29 is 14.2 Å². The summed E-state index contributed by atoms with van der Waals surface area (Å²) in [5.74, 6) is 2.41. The van der Waals surface area contributed by atoms with E-state index in [4.69, 9.17) is 14.2 Å². The molecule has 0 bridgehead atoms. The van der Waals surface area contributed by atoms with Crippen LogP contribution in [-0.2, 0) is 6.54 Å². The largest absolute Gasteiger partial charge is 0.488 e. The van der Waals surface area contributed by atoms with Crippen molar-refractivity contribution in [1.29, 1.82) is 0 Å². The van der Waals surface area contributed by atoms with Gasteiger partial charge >= 0.3 is 0 Å². The SMILES string of the molecule is CN(C)c1ccc(CN2CC(Oc3ccc4c(c3)OCO4)C2)cc1. The Balaban J connectivity index is 1.27. The molecule has 4 rings (SSSR count). The maximum atomic E-state index is 6.01. The highest BCUT2D eigenvalue weighted by molar-refractivity contribution is 5.47. The lowest BCUT2D eigenvalue weighted by atomic mass is 10.1. The second-order valence-corrected chi connectivity index (χ2v) is 6.51. The number of hydrogen-bond acceptors (Lipinski definition) is 5. The Bertz CT molecular complexity index is 709. The molecule has 1 saturated heterocycles. The Kier molecular flexibility index (Phi) is 3.94. The number of hydrogen-bond donors (Lipinski definition) is 0. The van der Waals surface area contributed by atoms with Crippen LogP contribution in [0.25, 0.3) is 0 Å². The van der Waals surface area contributed by atoms with Gasteiger partial charge in [0.15, 0.2) is 11.5 Å². The average molecular weight is 326 g/mol. The fraction of sp³-hybridized carbons (Fsp3) is 0.368. The Morgan fingerprint density at radius 1 is 1.04 bits per heavy atom. The summed E-state index contributed by atoms with van der Waals surface area (Å²) in [5, 5.41) is 0. The average Bonchev–Trinajstić information content (AvgIpc) is 3.01. The molecule has 0 N–H and O–H groups in total. The molecule has 2 aliphatic heterocycles. The zero-order valence-corrected chi connectivity index (χ0v) is 14.1. The van der Waals surface area contributed by atoms with Crippen LogP contribution in [0.1, 0.15) is 5.56 Å². The molecule has 1 fully saturated rings. The molecular formula is C19H22N2O3. The maximum absolute atomic E-state index is 6.01. The number of benzene rings is 2. The Labute approximate surface area is 142 Å². The molecule has 5 heteroatoms. The molecule has 2 aliphatic rings. The third-order valence-electron chi connectivity index (χ3n) is 4.43. The Morgan fingerprint density at radius 3 is 2.54 bits per heavy atom. The third kappa shape index (κ3) is 3.12. The van der Waals surface area contributed by atoms with E-state index >= 15 is 0 Å². The fourth-order valence-corrected chi connectivity index (χ4v) is 3.03. The molecule has 0 unspecified atom stereocenters. The Morgan fingerprint density at radius 2 is 1.79 bits per heavy atom. The highest BCUT2D eigenvalue weighted by Crippen LogP contribution is 2.35. The van der Waals surface area contributed by atoms with Crippen LogP contribution in [0.5, 0.6) is 17.2 Å². The first-order chi connectivity index (χ1) is 11.7. The van der Waals surface area contributed by atoms with E-state index in [0.29, 0.717) is 6.79 Å². The normalized spacial score (nSPS) is 16.8. The van der Waals surface area contributed by atoms with E-state index < -0.39 is 0 Å². The van der Waals surface area contributed by atoms with Crippen molar-refractivity contribution in [1.82, 2.24) is 4.90 Å². The second-order valence-electron chi connectivity index (χ2n) is 6.51. The Hall–Kier alpha value is -2.40. The molecule has 2 heterocycles. The van der Waals surface area contributed by atoms with Crippen molar-refractivity contribution in [2.45, 2.75) is 12.6 Å². The molecule has 0 aliphatic carbocycles. The van der Waals surface area contributed by atoms with Crippen LogP contribution in [0.2, 0.25) is 0 Å². The summed E-state index contributed by atoms with van der Waals surface area (Å²) in [6.07, 6.45) is 0.242. The highest BCUT2D eigenvalue weighted by atomic mass is 16.7. The van der Waals surface area contributed by atoms with Gasteiger partial charge in [0.25, 0.3) is 0 Å². The number of fused-ring (bicyclic) bond motifs is 1. The zero-order chi connectivity index (χ0) is 16.5. The summed E-state index contributed by atoms with van der Waals surface area (Å²) < 4.78 is 16.7. The lowest BCUT2D eigenvalue weighted by molar-refractivity contribution is 0.0145. The van der Waals surface area contributed by atoms with Gasteiger partial charge in [-0.15, -0.1) is 0 Å². The summed E-state index contributed by atoms with van der Waals surface area (Å²) >= 11 is 0. The van der Waals surface area contributed by atoms with Crippen molar-refractivity contribution in [3.63, 3.8) is 0 Å². The summed E-state index contributed by atoms with van der Waals surface area (Å²) in [7, 11) is 4.12. The van der Waals surface area contributed by atoms with Gasteiger partial charge in [0.05, 0.1) is 0 Å². The third-order valence-corrected chi connectivity index (χ3v) is 4.43. The van der Waals surface area contributed by atoms with E-state index in [1.807, 2.05) is 18.2 Å². The smallest absolute Gasteiger partial charge is 0.231 e. The van der Waals surface area contributed by atoms with E-state index in [1.54, 1.807) is 0 Å². The first kappa shape index (κ1) is 15.1. The summed E-state index contributed by atoms with van der Waals surface area (Å²) in [5.41, 5.74) is 2.56. The first-order valence-electron chi connectivity index (χ1n) is 8.22. The summed E-state index contributed by atoms with van der Waals surface area (Å²) in [4.78, 5) is 4.50. The predicted molar refractivity (Wildman–Crippen MR) is 93.0 cm³/mol. The van der Waals surface area contributed by atoms with Gasteiger partial charge in [-0.1, -0.05) is 12.1 Å². The molecule has 0 spiro atoms. The molecule has 0 saturated carbocycles. The minimum atomic E-state index is 0.242. The van der Waals surface area contributed by atoms with Gasteiger partial charge in [0, 0.05) is 45.5 Å². The van der Waals surface area contributed by atoms with Gasteiger partial charge < -0.3 is 19.1 Å². The summed E-state index contributed by atoms with van der Waals surface area (Å²) in [6.45, 7) is 3.16. The van der Waals surface area contributed by atoms with Crippen molar-refractivity contribution in [3.8, 4) is 17.2 Å². The van der Waals surface area contributed by atoms with Crippen molar-refractivity contribution in [3.05, 3.63) is 48.0 Å². The maximum Gasteiger partial charge on any atom is 0.231 e. The number of likely N-dealkylation sites (tertiary alicyclic amines) is 1. The molecule has 24 heavy (non-hydrogen) atoms. The van der Waals surface area contributed by atoms with Crippen molar-refractivity contribution in [2.75, 3.05) is 38.9 Å². The fourth-order valence-electron chi connectivity index (χ4n) is 3.03. The molecule has 0 aromatic heterocycles. The molecule has 0 atom stereocenters. The highest BCUT2D eigenvalue weighted by Gasteiger charge is 2.28. The molecule has 5 nitrogen and oxygen atoms in total. The first-order valence-corrected chi connectivity index (χ1v) is 8.22. The van der Waals surface area contributed by atoms with Crippen LogP contribution >= 0.6 is 0 Å². The van der Waals surface area contributed by atoms with Crippen molar-refractivity contribution in [2.24, 2.45) is 0 Å². The van der Waals surface area contributed by atoms with E-state index in [2.05, 4.69) is 48.2 Å². The topological polar surface area (TPSA) is 34.2 Å². The lowest BCUT2D eigenvalue weighted by Crippen LogP contribution is -2.53. The van der Waals surface area contributed by atoms with Crippen LogP contribution in [0, 0.1) is 0 Å². The van der Waals surface area contributed by atoms with Gasteiger partial charge in [-0.3, -0.25) is 4.90 Å². The quantitative estimate of drug-likeness (QED) is 0.844. The molecule has 0 amide bonds. The van der Waals surface area contributed by atoms with Crippen LogP contribution < -0.4 is 19.1 Å². The van der Waals surface area contributed by atoms with Crippen LogP contribution in [0.15, 0.2) is 42.5 Å². The van der Waals surface area contributed by atoms with Crippen LogP contribution in [-0.4, -0.2) is 45.0 Å². The monoisotopic (exact) mass is 326 g/mol. The van der Waals surface area contributed by atoms with Crippen LogP contribution in [0.3, 0.4) is 0 Å². The molecular weight excluding hydrogens is 304 g/mol. The van der Waals surface area contributed by atoms with E-state index in [0.717, 1.165) is 36.9 Å². The number of nitrogens with zero attached hydrogens (tertiary/aromatic N) is 2.